The first-order valence-corrected chi connectivity index (χ1v) is 6.38. The van der Waals surface area contributed by atoms with Gasteiger partial charge in [0.05, 0.1) is 11.2 Å². The number of rotatable bonds is 3. The number of para-hydroxylation sites is 1. The van der Waals surface area contributed by atoms with Gasteiger partial charge in [0.25, 0.3) is 0 Å². The molecule has 0 atom stereocenters. The lowest BCUT2D eigenvalue weighted by Crippen LogP contribution is -1.96. The van der Waals surface area contributed by atoms with Crippen molar-refractivity contribution in [2.75, 3.05) is 0 Å². The molecule has 0 N–H and O–H groups in total. The van der Waals surface area contributed by atoms with E-state index in [1.165, 1.54) is 5.56 Å². The highest BCUT2D eigenvalue weighted by Crippen LogP contribution is 2.20. The Morgan fingerprint density at radius 3 is 2.58 bits per heavy atom. The summed E-state index contributed by atoms with van der Waals surface area (Å²) < 4.78 is 1.85. The maximum absolute atomic E-state index is 4.20. The summed E-state index contributed by atoms with van der Waals surface area (Å²) in [5.41, 5.74) is 5.26. The summed E-state index contributed by atoms with van der Waals surface area (Å²) in [6.07, 6.45) is 0.964. The zero-order valence-corrected chi connectivity index (χ0v) is 10.9. The van der Waals surface area contributed by atoms with E-state index in [1.807, 2.05) is 28.9 Å². The molecule has 3 rings (SSSR count). The Bertz CT molecular complexity index is 723. The second-order valence-corrected chi connectivity index (χ2v) is 4.49. The Kier molecular flexibility index (Phi) is 2.88. The number of hydrogen-bond acceptors (Lipinski definition) is 2. The van der Waals surface area contributed by atoms with Crippen molar-refractivity contribution in [1.82, 2.24) is 15.0 Å². The summed E-state index contributed by atoms with van der Waals surface area (Å²) >= 11 is 0. The van der Waals surface area contributed by atoms with Crippen molar-refractivity contribution >= 4 is 16.6 Å². The number of allylic oxidation sites excluding steroid dienone is 1. The minimum atomic E-state index is 0.907. The number of nitrogens with zero attached hydrogens (tertiary/aromatic N) is 3. The van der Waals surface area contributed by atoms with E-state index in [2.05, 4.69) is 48.1 Å². The van der Waals surface area contributed by atoms with Crippen LogP contribution in [-0.4, -0.2) is 15.0 Å². The standard InChI is InChI=1S/C16H15N3/c1-3-12(2)13-8-10-14(11-9-13)19-16-7-5-4-6-15(16)17-18-19/h4-11H,2-3H2,1H3. The molecule has 0 bridgehead atoms. The van der Waals surface area contributed by atoms with Crippen LogP contribution in [0.4, 0.5) is 0 Å². The van der Waals surface area contributed by atoms with Crippen LogP contribution < -0.4 is 0 Å². The second-order valence-electron chi connectivity index (χ2n) is 4.49. The van der Waals surface area contributed by atoms with Crippen LogP contribution in [0.5, 0.6) is 0 Å². The van der Waals surface area contributed by atoms with Gasteiger partial charge in [0, 0.05) is 0 Å². The van der Waals surface area contributed by atoms with Crippen molar-refractivity contribution in [2.24, 2.45) is 0 Å². The molecule has 94 valence electrons. The fourth-order valence-electron chi connectivity index (χ4n) is 2.10. The molecule has 2 aromatic carbocycles. The maximum atomic E-state index is 4.20. The summed E-state index contributed by atoms with van der Waals surface area (Å²) in [4.78, 5) is 0. The van der Waals surface area contributed by atoms with E-state index >= 15 is 0 Å². The summed E-state index contributed by atoms with van der Waals surface area (Å²) in [5.74, 6) is 0. The topological polar surface area (TPSA) is 30.7 Å². The Hall–Kier alpha value is -2.42. The quantitative estimate of drug-likeness (QED) is 0.706. The Balaban J connectivity index is 2.05. The van der Waals surface area contributed by atoms with Gasteiger partial charge >= 0.3 is 0 Å². The Morgan fingerprint density at radius 2 is 1.84 bits per heavy atom. The van der Waals surface area contributed by atoms with Crippen LogP contribution in [0.15, 0.2) is 55.1 Å². The van der Waals surface area contributed by atoms with Gasteiger partial charge in [0.15, 0.2) is 0 Å². The molecule has 0 spiro atoms. The molecule has 0 aliphatic rings. The van der Waals surface area contributed by atoms with Gasteiger partial charge in [-0.05, 0) is 41.8 Å². The molecular formula is C16H15N3. The normalized spacial score (nSPS) is 10.8. The lowest BCUT2D eigenvalue weighted by molar-refractivity contribution is 0.824. The molecule has 0 unspecified atom stereocenters. The van der Waals surface area contributed by atoms with E-state index < -0.39 is 0 Å². The summed E-state index contributed by atoms with van der Waals surface area (Å²) in [5, 5.41) is 8.37. The predicted molar refractivity (Wildman–Crippen MR) is 78.2 cm³/mol. The Labute approximate surface area is 112 Å². The van der Waals surface area contributed by atoms with Crippen molar-refractivity contribution in [3.8, 4) is 5.69 Å². The van der Waals surface area contributed by atoms with Gasteiger partial charge in [-0.3, -0.25) is 0 Å². The number of benzene rings is 2. The van der Waals surface area contributed by atoms with Crippen LogP contribution in [0.25, 0.3) is 22.3 Å². The first kappa shape index (κ1) is 11.7. The third-order valence-corrected chi connectivity index (χ3v) is 3.30. The molecule has 0 aliphatic carbocycles. The minimum absolute atomic E-state index is 0.907. The molecule has 0 saturated heterocycles. The van der Waals surface area contributed by atoms with Gasteiger partial charge < -0.3 is 0 Å². The summed E-state index contributed by atoms with van der Waals surface area (Å²) in [6, 6.07) is 16.2. The molecule has 0 amide bonds. The zero-order chi connectivity index (χ0) is 13.2. The average molecular weight is 249 g/mol. The van der Waals surface area contributed by atoms with E-state index in [1.54, 1.807) is 0 Å². The monoisotopic (exact) mass is 249 g/mol. The van der Waals surface area contributed by atoms with E-state index in [0.29, 0.717) is 0 Å². The highest BCUT2D eigenvalue weighted by molar-refractivity contribution is 5.76. The highest BCUT2D eigenvalue weighted by Gasteiger charge is 2.05. The predicted octanol–water partition coefficient (Wildman–Crippen LogP) is 3.84. The molecule has 3 heteroatoms. The van der Waals surface area contributed by atoms with Crippen molar-refractivity contribution < 1.29 is 0 Å². The molecule has 0 aliphatic heterocycles. The molecule has 3 nitrogen and oxygen atoms in total. The van der Waals surface area contributed by atoms with Crippen molar-refractivity contribution in [2.45, 2.75) is 13.3 Å². The van der Waals surface area contributed by atoms with Crippen molar-refractivity contribution in [3.05, 3.63) is 60.7 Å². The fourth-order valence-corrected chi connectivity index (χ4v) is 2.10. The molecule has 0 fully saturated rings. The smallest absolute Gasteiger partial charge is 0.113 e. The Morgan fingerprint density at radius 1 is 1.11 bits per heavy atom. The van der Waals surface area contributed by atoms with Crippen LogP contribution >= 0.6 is 0 Å². The van der Waals surface area contributed by atoms with Crippen molar-refractivity contribution in [3.63, 3.8) is 0 Å². The highest BCUT2D eigenvalue weighted by atomic mass is 15.4. The number of fused-ring (bicyclic) bond motifs is 1. The van der Waals surface area contributed by atoms with Gasteiger partial charge in [-0.25, -0.2) is 4.68 Å². The van der Waals surface area contributed by atoms with E-state index in [9.17, 15) is 0 Å². The lowest BCUT2D eigenvalue weighted by Gasteiger charge is -2.05. The molecule has 1 heterocycles. The molecule has 0 radical (unpaired) electrons. The van der Waals surface area contributed by atoms with Gasteiger partial charge in [-0.2, -0.15) is 0 Å². The number of aromatic nitrogens is 3. The summed E-state index contributed by atoms with van der Waals surface area (Å²) in [6.45, 7) is 6.16. The van der Waals surface area contributed by atoms with Gasteiger partial charge in [0.2, 0.25) is 0 Å². The molecular weight excluding hydrogens is 234 g/mol. The SMILES string of the molecule is C=C(CC)c1ccc(-n2nnc3ccccc32)cc1. The second kappa shape index (κ2) is 4.69. The molecule has 3 aromatic rings. The van der Waals surface area contributed by atoms with Crippen LogP contribution in [0, 0.1) is 0 Å². The molecule has 1 aromatic heterocycles. The molecule has 19 heavy (non-hydrogen) atoms. The van der Waals surface area contributed by atoms with Crippen LogP contribution in [0.3, 0.4) is 0 Å². The van der Waals surface area contributed by atoms with E-state index in [4.69, 9.17) is 0 Å². The first-order valence-electron chi connectivity index (χ1n) is 6.38. The van der Waals surface area contributed by atoms with Gasteiger partial charge in [-0.15, -0.1) is 5.10 Å². The lowest BCUT2D eigenvalue weighted by atomic mass is 10.1. The van der Waals surface area contributed by atoms with E-state index in [-0.39, 0.29) is 0 Å². The average Bonchev–Trinajstić information content (AvgIpc) is 2.90. The van der Waals surface area contributed by atoms with E-state index in [0.717, 1.165) is 28.7 Å². The zero-order valence-electron chi connectivity index (χ0n) is 10.9. The third kappa shape index (κ3) is 2.03. The minimum Gasteiger partial charge on any atom is -0.213 e. The van der Waals surface area contributed by atoms with Crippen LogP contribution in [-0.2, 0) is 0 Å². The molecule has 0 saturated carbocycles. The largest absolute Gasteiger partial charge is 0.213 e. The van der Waals surface area contributed by atoms with Crippen molar-refractivity contribution in [1.29, 1.82) is 0 Å². The van der Waals surface area contributed by atoms with Crippen LogP contribution in [0.2, 0.25) is 0 Å². The summed E-state index contributed by atoms with van der Waals surface area (Å²) in [7, 11) is 0. The van der Waals surface area contributed by atoms with Crippen LogP contribution in [0.1, 0.15) is 18.9 Å². The third-order valence-electron chi connectivity index (χ3n) is 3.30. The fraction of sp³-hybridized carbons (Fsp3) is 0.125. The van der Waals surface area contributed by atoms with Gasteiger partial charge in [0.1, 0.15) is 5.52 Å². The first-order chi connectivity index (χ1) is 9.29. The maximum Gasteiger partial charge on any atom is 0.113 e. The van der Waals surface area contributed by atoms with Gasteiger partial charge in [-0.1, -0.05) is 43.0 Å². The number of hydrogen-bond donors (Lipinski definition) is 0.